The van der Waals surface area contributed by atoms with E-state index >= 15 is 0 Å². The molecule has 0 saturated heterocycles. The molecule has 2 aromatic carbocycles. The molecule has 0 unspecified atom stereocenters. The van der Waals surface area contributed by atoms with Crippen molar-refractivity contribution in [2.45, 2.75) is 18.0 Å². The number of rotatable bonds is 8. The van der Waals surface area contributed by atoms with Crippen LogP contribution in [0.5, 0.6) is 11.6 Å². The number of aromatic amines is 1. The van der Waals surface area contributed by atoms with E-state index in [4.69, 9.17) is 16.3 Å². The molecule has 5 rings (SSSR count). The predicted octanol–water partition coefficient (Wildman–Crippen LogP) is 4.09. The lowest BCUT2D eigenvalue weighted by atomic mass is 10.2. The average Bonchev–Trinajstić information content (AvgIpc) is 3.28. The Kier molecular flexibility index (Phi) is 6.55. The number of aromatic nitrogens is 4. The number of H-pyrrole nitrogens is 1. The molecule has 0 fully saturated rings. The van der Waals surface area contributed by atoms with E-state index in [0.717, 1.165) is 16.5 Å². The summed E-state index contributed by atoms with van der Waals surface area (Å²) in [4.78, 5) is 15.9. The summed E-state index contributed by atoms with van der Waals surface area (Å²) in [7, 11) is -3.98. The molecule has 0 saturated carbocycles. The highest BCUT2D eigenvalue weighted by molar-refractivity contribution is 7.89. The summed E-state index contributed by atoms with van der Waals surface area (Å²) in [6, 6.07) is 20.1. The number of halogens is 1. The smallest absolute Gasteiger partial charge is 0.250 e. The van der Waals surface area contributed by atoms with Crippen molar-refractivity contribution >= 4 is 32.5 Å². The molecule has 0 aliphatic carbocycles. The summed E-state index contributed by atoms with van der Waals surface area (Å²) in [6.07, 6.45) is 3.17. The molecule has 182 valence electrons. The summed E-state index contributed by atoms with van der Waals surface area (Å²) in [5.74, 6) is 0.342. The van der Waals surface area contributed by atoms with Crippen molar-refractivity contribution in [3.05, 3.63) is 112 Å². The number of sulfonamides is 1. The molecule has 3 heterocycles. The summed E-state index contributed by atoms with van der Waals surface area (Å²) in [5.41, 5.74) is 2.05. The Bertz CT molecular complexity index is 1700. The number of pyridine rings is 2. The molecule has 3 aromatic heterocycles. The zero-order valence-corrected chi connectivity index (χ0v) is 20.3. The molecule has 11 heteroatoms. The molecule has 2 N–H and O–H groups in total. The van der Waals surface area contributed by atoms with Gasteiger partial charge in [-0.05, 0) is 54.1 Å². The van der Waals surface area contributed by atoms with Gasteiger partial charge in [-0.25, -0.2) is 18.1 Å². The number of nitrogens with one attached hydrogen (secondary N) is 2. The fraction of sp³-hybridized carbons (Fsp3) is 0.0800. The fourth-order valence-electron chi connectivity index (χ4n) is 3.64. The fourth-order valence-corrected chi connectivity index (χ4v) is 4.87. The average molecular weight is 522 g/mol. The topological polar surface area (TPSA) is 119 Å². The van der Waals surface area contributed by atoms with Gasteiger partial charge < -0.3 is 9.30 Å². The van der Waals surface area contributed by atoms with Crippen LogP contribution in [0, 0.1) is 0 Å². The van der Waals surface area contributed by atoms with Crippen molar-refractivity contribution in [3.63, 3.8) is 0 Å². The van der Waals surface area contributed by atoms with Crippen LogP contribution in [-0.4, -0.2) is 28.2 Å². The molecule has 0 atom stereocenters. The Morgan fingerprint density at radius 2 is 1.86 bits per heavy atom. The summed E-state index contributed by atoms with van der Waals surface area (Å²) in [6.45, 7) is 0.352. The van der Waals surface area contributed by atoms with Crippen LogP contribution in [0.3, 0.4) is 0 Å². The van der Waals surface area contributed by atoms with Crippen LogP contribution in [0.1, 0.15) is 11.3 Å². The van der Waals surface area contributed by atoms with Gasteiger partial charge in [-0.1, -0.05) is 29.8 Å². The van der Waals surface area contributed by atoms with Crippen molar-refractivity contribution in [3.8, 4) is 11.6 Å². The second kappa shape index (κ2) is 9.94. The van der Waals surface area contributed by atoms with Crippen molar-refractivity contribution < 1.29 is 13.2 Å². The lowest BCUT2D eigenvalue weighted by Crippen LogP contribution is -2.24. The predicted molar refractivity (Wildman–Crippen MR) is 136 cm³/mol. The highest BCUT2D eigenvalue weighted by Gasteiger charge is 2.22. The highest BCUT2D eigenvalue weighted by atomic mass is 35.5. The van der Waals surface area contributed by atoms with E-state index in [-0.39, 0.29) is 22.9 Å². The van der Waals surface area contributed by atoms with E-state index in [1.807, 2.05) is 0 Å². The molecule has 0 spiro atoms. The monoisotopic (exact) mass is 521 g/mol. The van der Waals surface area contributed by atoms with Crippen molar-refractivity contribution in [2.24, 2.45) is 0 Å². The standard InChI is InChI=1S/C25H20ClN5O4S/c26-18-8-11-21-20(14-18)22(30-29-21)15-28-36(33,34)23-4-3-12-27-25(23)35-19-9-6-17(7-10-19)16-31-13-2-1-5-24(31)32/h1-14,28H,15-16H2,(H,29,30). The molecule has 0 amide bonds. The van der Waals surface area contributed by atoms with E-state index in [1.54, 1.807) is 65.4 Å². The van der Waals surface area contributed by atoms with E-state index in [0.29, 0.717) is 23.0 Å². The second-order valence-electron chi connectivity index (χ2n) is 7.90. The lowest BCUT2D eigenvalue weighted by Gasteiger charge is -2.12. The normalized spacial score (nSPS) is 11.6. The summed E-state index contributed by atoms with van der Waals surface area (Å²) in [5, 5.41) is 8.30. The maximum Gasteiger partial charge on any atom is 0.250 e. The van der Waals surface area contributed by atoms with Gasteiger partial charge in [0.05, 0.1) is 24.3 Å². The van der Waals surface area contributed by atoms with Gasteiger partial charge >= 0.3 is 0 Å². The molecular formula is C25H20ClN5O4S. The van der Waals surface area contributed by atoms with Crippen molar-refractivity contribution in [2.75, 3.05) is 0 Å². The third-order valence-electron chi connectivity index (χ3n) is 5.45. The van der Waals surface area contributed by atoms with Gasteiger partial charge in [-0.3, -0.25) is 9.89 Å². The SMILES string of the molecule is O=c1ccccn1Cc1ccc(Oc2ncccc2S(=O)(=O)NCc2n[nH]c3ccc(Cl)cc23)cc1. The molecule has 0 aliphatic heterocycles. The van der Waals surface area contributed by atoms with Crippen LogP contribution in [-0.2, 0) is 23.1 Å². The number of hydrogen-bond donors (Lipinski definition) is 2. The molecule has 9 nitrogen and oxygen atoms in total. The van der Waals surface area contributed by atoms with Gasteiger partial charge in [0.1, 0.15) is 10.6 Å². The van der Waals surface area contributed by atoms with E-state index in [1.165, 1.54) is 24.4 Å². The first kappa shape index (κ1) is 23.7. The second-order valence-corrected chi connectivity index (χ2v) is 10.1. The van der Waals surface area contributed by atoms with Gasteiger partial charge in [-0.2, -0.15) is 5.10 Å². The lowest BCUT2D eigenvalue weighted by molar-refractivity contribution is 0.446. The van der Waals surface area contributed by atoms with Gasteiger partial charge in [0.2, 0.25) is 15.9 Å². The first-order valence-electron chi connectivity index (χ1n) is 10.9. The van der Waals surface area contributed by atoms with Crippen LogP contribution in [0.15, 0.2) is 94.9 Å². The highest BCUT2D eigenvalue weighted by Crippen LogP contribution is 2.27. The minimum Gasteiger partial charge on any atom is -0.438 e. The molecular weight excluding hydrogens is 502 g/mol. The summed E-state index contributed by atoms with van der Waals surface area (Å²) >= 11 is 6.07. The van der Waals surface area contributed by atoms with E-state index in [9.17, 15) is 13.2 Å². The minimum atomic E-state index is -3.98. The third-order valence-corrected chi connectivity index (χ3v) is 7.10. The van der Waals surface area contributed by atoms with Crippen LogP contribution in [0.25, 0.3) is 10.9 Å². The largest absolute Gasteiger partial charge is 0.438 e. The van der Waals surface area contributed by atoms with Crippen LogP contribution >= 0.6 is 11.6 Å². The van der Waals surface area contributed by atoms with Gasteiger partial charge in [0, 0.05) is 28.9 Å². The van der Waals surface area contributed by atoms with Crippen LogP contribution in [0.4, 0.5) is 0 Å². The first-order valence-corrected chi connectivity index (χ1v) is 12.7. The third kappa shape index (κ3) is 5.15. The van der Waals surface area contributed by atoms with Gasteiger partial charge in [0.15, 0.2) is 0 Å². The number of benzene rings is 2. The number of fused-ring (bicyclic) bond motifs is 1. The minimum absolute atomic E-state index is 0.0510. The van der Waals surface area contributed by atoms with Gasteiger partial charge in [-0.15, -0.1) is 0 Å². The van der Waals surface area contributed by atoms with Crippen LogP contribution < -0.4 is 15.0 Å². The molecule has 5 aromatic rings. The maximum absolute atomic E-state index is 13.1. The summed E-state index contributed by atoms with van der Waals surface area (Å²) < 4.78 is 36.2. The molecule has 36 heavy (non-hydrogen) atoms. The van der Waals surface area contributed by atoms with E-state index in [2.05, 4.69) is 19.9 Å². The molecule has 0 bridgehead atoms. The molecule has 0 radical (unpaired) electrons. The van der Waals surface area contributed by atoms with Crippen molar-refractivity contribution in [1.82, 2.24) is 24.5 Å². The Morgan fingerprint density at radius 3 is 2.67 bits per heavy atom. The maximum atomic E-state index is 13.1. The Labute approximate surface area is 211 Å². The Hall–Kier alpha value is -3.99. The van der Waals surface area contributed by atoms with Crippen molar-refractivity contribution in [1.29, 1.82) is 0 Å². The Balaban J connectivity index is 1.32. The zero-order chi connectivity index (χ0) is 25.1. The number of nitrogens with zero attached hydrogens (tertiary/aromatic N) is 3. The number of hydrogen-bond acceptors (Lipinski definition) is 6. The zero-order valence-electron chi connectivity index (χ0n) is 18.8. The quantitative estimate of drug-likeness (QED) is 0.317. The number of ether oxygens (including phenoxy) is 1. The Morgan fingerprint density at radius 1 is 1.03 bits per heavy atom. The van der Waals surface area contributed by atoms with Crippen LogP contribution in [0.2, 0.25) is 5.02 Å². The van der Waals surface area contributed by atoms with Gasteiger partial charge in [0.25, 0.3) is 5.56 Å². The van der Waals surface area contributed by atoms with E-state index < -0.39 is 10.0 Å². The molecule has 0 aliphatic rings. The first-order chi connectivity index (χ1) is 17.4.